The maximum Gasteiger partial charge on any atom is 0.0997 e. The van der Waals surface area contributed by atoms with Crippen molar-refractivity contribution in [2.45, 2.75) is 57.4 Å². The number of rotatable bonds is 2. The van der Waals surface area contributed by atoms with Gasteiger partial charge < -0.3 is 0 Å². The summed E-state index contributed by atoms with van der Waals surface area (Å²) in [5, 5.41) is 1.30. The highest BCUT2D eigenvalue weighted by Crippen LogP contribution is 2.42. The van der Waals surface area contributed by atoms with Crippen LogP contribution in [0.1, 0.15) is 63.5 Å². The lowest BCUT2D eigenvalue weighted by atomic mass is 9.81. The van der Waals surface area contributed by atoms with E-state index in [-0.39, 0.29) is 0 Å². The van der Waals surface area contributed by atoms with E-state index in [1.54, 1.807) is 5.56 Å². The van der Waals surface area contributed by atoms with Crippen molar-refractivity contribution >= 4 is 11.8 Å². The van der Waals surface area contributed by atoms with E-state index >= 15 is 0 Å². The van der Waals surface area contributed by atoms with E-state index in [0.29, 0.717) is 17.8 Å². The number of thioether (sulfide) groups is 1. The van der Waals surface area contributed by atoms with Gasteiger partial charge in [0.25, 0.3) is 0 Å². The van der Waals surface area contributed by atoms with E-state index in [2.05, 4.69) is 38.7 Å². The molecular weight excluding hydrogens is 226 g/mol. The van der Waals surface area contributed by atoms with E-state index in [4.69, 9.17) is 0 Å². The molecule has 1 unspecified atom stereocenters. The van der Waals surface area contributed by atoms with Gasteiger partial charge in [-0.3, -0.25) is 0 Å². The Morgan fingerprint density at radius 3 is 2.71 bits per heavy atom. The minimum Gasteiger partial charge on any atom is -0.250 e. The molecule has 0 saturated heterocycles. The fourth-order valence-electron chi connectivity index (χ4n) is 2.74. The zero-order valence-corrected chi connectivity index (χ0v) is 12.2. The van der Waals surface area contributed by atoms with Crippen LogP contribution >= 0.6 is 11.8 Å². The van der Waals surface area contributed by atoms with Gasteiger partial charge in [0.15, 0.2) is 0 Å². The third kappa shape index (κ3) is 2.67. The molecule has 94 valence electrons. The maximum atomic E-state index is 4.62. The molecule has 0 N–H and O–H groups in total. The molecule has 0 radical (unpaired) electrons. The van der Waals surface area contributed by atoms with Crippen LogP contribution in [0.25, 0.3) is 0 Å². The van der Waals surface area contributed by atoms with Crippen LogP contribution in [0.3, 0.4) is 0 Å². The van der Waals surface area contributed by atoms with E-state index in [1.165, 1.54) is 29.2 Å². The molecule has 1 aromatic heterocycles. The predicted octanol–water partition coefficient (Wildman–Crippen LogP) is 4.83. The Morgan fingerprint density at radius 2 is 2.06 bits per heavy atom. The average Bonchev–Trinajstić information content (AvgIpc) is 2.50. The molecule has 0 bridgehead atoms. The van der Waals surface area contributed by atoms with Crippen LogP contribution in [-0.2, 0) is 0 Å². The van der Waals surface area contributed by atoms with Crippen LogP contribution in [0.15, 0.2) is 17.3 Å². The van der Waals surface area contributed by atoms with Crippen LogP contribution in [0.5, 0.6) is 0 Å². The van der Waals surface area contributed by atoms with E-state index in [9.17, 15) is 0 Å². The summed E-state index contributed by atoms with van der Waals surface area (Å²) >= 11 is 1.95. The number of hydrogen-bond acceptors (Lipinski definition) is 2. The number of aromatic nitrogens is 1. The third-order valence-corrected chi connectivity index (χ3v) is 4.77. The molecule has 1 aromatic rings. The second-order valence-electron chi connectivity index (χ2n) is 5.61. The molecule has 1 aliphatic heterocycles. The summed E-state index contributed by atoms with van der Waals surface area (Å²) in [4.78, 5) is 4.62. The smallest absolute Gasteiger partial charge is 0.0997 e. The van der Waals surface area contributed by atoms with Gasteiger partial charge in [-0.05, 0) is 53.5 Å². The van der Waals surface area contributed by atoms with Gasteiger partial charge in [0, 0.05) is 6.20 Å². The largest absolute Gasteiger partial charge is 0.250 e. The first-order valence-corrected chi connectivity index (χ1v) is 7.71. The second kappa shape index (κ2) is 5.43. The maximum absolute atomic E-state index is 4.62. The van der Waals surface area contributed by atoms with Crippen molar-refractivity contribution in [2.24, 2.45) is 5.92 Å². The molecule has 2 heterocycles. The monoisotopic (exact) mass is 249 g/mol. The predicted molar refractivity (Wildman–Crippen MR) is 75.9 cm³/mol. The quantitative estimate of drug-likeness (QED) is 0.744. The number of fused-ring (bicyclic) bond motifs is 1. The lowest BCUT2D eigenvalue weighted by Gasteiger charge is -2.25. The number of nitrogens with zero attached hydrogens (tertiary/aromatic N) is 1. The molecule has 1 aliphatic rings. The molecule has 0 aliphatic carbocycles. The van der Waals surface area contributed by atoms with Crippen molar-refractivity contribution in [1.29, 1.82) is 0 Å². The molecular formula is C15H23NS. The first-order valence-electron chi connectivity index (χ1n) is 6.72. The minimum atomic E-state index is 0.603. The van der Waals surface area contributed by atoms with Gasteiger partial charge >= 0.3 is 0 Å². The zero-order chi connectivity index (χ0) is 12.4. The van der Waals surface area contributed by atoms with E-state index in [0.717, 1.165) is 0 Å². The second-order valence-corrected chi connectivity index (χ2v) is 6.70. The molecule has 2 rings (SSSR count). The first-order chi connectivity index (χ1) is 8.11. The third-order valence-electron chi connectivity index (χ3n) is 3.68. The van der Waals surface area contributed by atoms with Crippen molar-refractivity contribution in [1.82, 2.24) is 4.98 Å². The number of hydrogen-bond donors (Lipinski definition) is 0. The normalized spacial score (nSPS) is 20.5. The Labute approximate surface area is 109 Å². The molecule has 1 nitrogen and oxygen atoms in total. The summed E-state index contributed by atoms with van der Waals surface area (Å²) in [7, 11) is 0. The molecule has 0 fully saturated rings. The molecule has 2 heteroatoms. The van der Waals surface area contributed by atoms with Crippen molar-refractivity contribution < 1.29 is 0 Å². The average molecular weight is 249 g/mol. The summed E-state index contributed by atoms with van der Waals surface area (Å²) in [6.07, 6.45) is 4.63. The highest BCUT2D eigenvalue weighted by atomic mass is 32.2. The van der Waals surface area contributed by atoms with Gasteiger partial charge in [0.2, 0.25) is 0 Å². The topological polar surface area (TPSA) is 12.9 Å². The SMILES string of the molecule is CC(C)c1ccnc2c1C(C(C)C)CCCS2. The van der Waals surface area contributed by atoms with Gasteiger partial charge in [0.1, 0.15) is 0 Å². The zero-order valence-electron chi connectivity index (χ0n) is 11.4. The lowest BCUT2D eigenvalue weighted by molar-refractivity contribution is 0.455. The summed E-state index contributed by atoms with van der Waals surface area (Å²) in [6, 6.07) is 2.23. The summed E-state index contributed by atoms with van der Waals surface area (Å²) in [5.74, 6) is 3.25. The molecule has 0 aromatic carbocycles. The Balaban J connectivity index is 2.52. The fourth-order valence-corrected chi connectivity index (χ4v) is 3.81. The minimum absolute atomic E-state index is 0.603. The molecule has 17 heavy (non-hydrogen) atoms. The standard InChI is InChI=1S/C15H23NS/c1-10(2)12-6-5-9-17-15-14(12)13(11(3)4)7-8-16-15/h7-8,10-12H,5-6,9H2,1-4H3. The van der Waals surface area contributed by atoms with Crippen LogP contribution in [0.2, 0.25) is 0 Å². The Morgan fingerprint density at radius 1 is 1.29 bits per heavy atom. The Hall–Kier alpha value is -0.500. The highest BCUT2D eigenvalue weighted by molar-refractivity contribution is 7.99. The van der Waals surface area contributed by atoms with E-state index < -0.39 is 0 Å². The van der Waals surface area contributed by atoms with Gasteiger partial charge in [-0.2, -0.15) is 0 Å². The number of pyridine rings is 1. The summed E-state index contributed by atoms with van der Waals surface area (Å²) in [6.45, 7) is 9.29. The van der Waals surface area contributed by atoms with Crippen molar-refractivity contribution in [2.75, 3.05) is 5.75 Å². The van der Waals surface area contributed by atoms with Crippen LogP contribution in [0.4, 0.5) is 0 Å². The van der Waals surface area contributed by atoms with Crippen molar-refractivity contribution in [3.05, 3.63) is 23.4 Å². The highest BCUT2D eigenvalue weighted by Gasteiger charge is 2.26. The van der Waals surface area contributed by atoms with Gasteiger partial charge in [-0.1, -0.05) is 27.7 Å². The first kappa shape index (κ1) is 12.9. The van der Waals surface area contributed by atoms with Crippen LogP contribution in [0, 0.1) is 5.92 Å². The Kier molecular flexibility index (Phi) is 4.13. The van der Waals surface area contributed by atoms with Crippen LogP contribution < -0.4 is 0 Å². The molecule has 1 atom stereocenters. The van der Waals surface area contributed by atoms with Crippen LogP contribution in [-0.4, -0.2) is 10.7 Å². The summed E-state index contributed by atoms with van der Waals surface area (Å²) < 4.78 is 0. The van der Waals surface area contributed by atoms with Gasteiger partial charge in [-0.15, -0.1) is 11.8 Å². The lowest BCUT2D eigenvalue weighted by Crippen LogP contribution is -2.11. The Bertz CT molecular complexity index is 385. The summed E-state index contributed by atoms with van der Waals surface area (Å²) in [5.41, 5.74) is 3.07. The molecule has 0 saturated carbocycles. The van der Waals surface area contributed by atoms with Crippen molar-refractivity contribution in [3.63, 3.8) is 0 Å². The molecule has 0 amide bonds. The fraction of sp³-hybridized carbons (Fsp3) is 0.667. The molecule has 0 spiro atoms. The van der Waals surface area contributed by atoms with Gasteiger partial charge in [0.05, 0.1) is 5.03 Å². The van der Waals surface area contributed by atoms with E-state index in [1.807, 2.05) is 18.0 Å². The van der Waals surface area contributed by atoms with Gasteiger partial charge in [-0.25, -0.2) is 4.98 Å². The van der Waals surface area contributed by atoms with Crippen molar-refractivity contribution in [3.8, 4) is 0 Å².